The molecule has 0 aliphatic rings. The van der Waals surface area contributed by atoms with Crippen molar-refractivity contribution < 1.29 is 9.53 Å². The molecule has 0 spiro atoms. The third kappa shape index (κ3) is 5.83. The van der Waals surface area contributed by atoms with Gasteiger partial charge < -0.3 is 15.0 Å². The molecule has 2 rings (SSSR count). The van der Waals surface area contributed by atoms with Crippen molar-refractivity contribution in [2.45, 2.75) is 13.0 Å². The van der Waals surface area contributed by atoms with E-state index in [9.17, 15) is 4.79 Å². The summed E-state index contributed by atoms with van der Waals surface area (Å²) in [6.45, 7) is 0.843. The van der Waals surface area contributed by atoms with Crippen molar-refractivity contribution in [3.63, 3.8) is 0 Å². The Morgan fingerprint density at radius 1 is 1.17 bits per heavy atom. The lowest BCUT2D eigenvalue weighted by atomic mass is 10.2. The number of anilines is 1. The molecule has 4 nitrogen and oxygen atoms in total. The van der Waals surface area contributed by atoms with Crippen molar-refractivity contribution in [3.8, 4) is 5.75 Å². The molecule has 5 heteroatoms. The zero-order valence-corrected chi connectivity index (χ0v) is 14.1. The number of hydrogen-bond acceptors (Lipinski definition) is 3. The van der Waals surface area contributed by atoms with Crippen molar-refractivity contribution in [1.82, 2.24) is 5.32 Å². The average Bonchev–Trinajstić information content (AvgIpc) is 2.53. The number of nitrogens with one attached hydrogen (secondary N) is 1. The first-order valence-electron chi connectivity index (χ1n) is 7.46. The molecule has 0 fully saturated rings. The number of rotatable bonds is 7. The van der Waals surface area contributed by atoms with Crippen LogP contribution in [0.4, 0.5) is 5.69 Å². The number of amides is 1. The van der Waals surface area contributed by atoms with Gasteiger partial charge in [0.1, 0.15) is 5.75 Å². The van der Waals surface area contributed by atoms with Gasteiger partial charge in [-0.25, -0.2) is 0 Å². The quantitative estimate of drug-likeness (QED) is 0.844. The van der Waals surface area contributed by atoms with Crippen LogP contribution in [0.1, 0.15) is 12.0 Å². The molecule has 0 heterocycles. The summed E-state index contributed by atoms with van der Waals surface area (Å²) < 4.78 is 5.50. The summed E-state index contributed by atoms with van der Waals surface area (Å²) in [4.78, 5) is 13.9. The van der Waals surface area contributed by atoms with E-state index in [0.29, 0.717) is 30.3 Å². The molecule has 1 amide bonds. The first-order valence-corrected chi connectivity index (χ1v) is 7.84. The Hall–Kier alpha value is -2.20. The minimum Gasteiger partial charge on any atom is -0.493 e. The van der Waals surface area contributed by atoms with E-state index in [0.717, 1.165) is 11.3 Å². The lowest BCUT2D eigenvalue weighted by Gasteiger charge is -2.13. The van der Waals surface area contributed by atoms with E-state index in [1.165, 1.54) is 0 Å². The molecule has 2 aromatic carbocycles. The van der Waals surface area contributed by atoms with Crippen LogP contribution in [0.5, 0.6) is 5.75 Å². The van der Waals surface area contributed by atoms with Crippen molar-refractivity contribution in [3.05, 3.63) is 59.1 Å². The molecule has 0 aliphatic carbocycles. The Morgan fingerprint density at radius 2 is 1.91 bits per heavy atom. The molecule has 0 saturated carbocycles. The van der Waals surface area contributed by atoms with Gasteiger partial charge in [-0.3, -0.25) is 4.79 Å². The molecule has 23 heavy (non-hydrogen) atoms. The number of hydrogen-bond donors (Lipinski definition) is 1. The topological polar surface area (TPSA) is 41.6 Å². The van der Waals surface area contributed by atoms with Gasteiger partial charge in [0, 0.05) is 31.4 Å². The Kier molecular flexibility index (Phi) is 6.29. The van der Waals surface area contributed by atoms with Crippen molar-refractivity contribution in [1.29, 1.82) is 0 Å². The summed E-state index contributed by atoms with van der Waals surface area (Å²) >= 11 is 5.87. The van der Waals surface area contributed by atoms with Crippen LogP contribution in [0.25, 0.3) is 0 Å². The van der Waals surface area contributed by atoms with Gasteiger partial charge in [0.2, 0.25) is 5.91 Å². The number of nitrogens with zero attached hydrogens (tertiary/aromatic N) is 1. The van der Waals surface area contributed by atoms with Gasteiger partial charge in [-0.05, 0) is 35.9 Å². The molecule has 0 unspecified atom stereocenters. The van der Waals surface area contributed by atoms with E-state index in [1.807, 2.05) is 55.4 Å². The van der Waals surface area contributed by atoms with Crippen LogP contribution < -0.4 is 15.0 Å². The van der Waals surface area contributed by atoms with Crippen LogP contribution in [0, 0.1) is 0 Å². The summed E-state index contributed by atoms with van der Waals surface area (Å²) in [6, 6.07) is 15.2. The van der Waals surface area contributed by atoms with Gasteiger partial charge in [-0.2, -0.15) is 0 Å². The zero-order valence-electron chi connectivity index (χ0n) is 13.4. The summed E-state index contributed by atoms with van der Waals surface area (Å²) in [6.07, 6.45) is 0.308. The zero-order chi connectivity index (χ0) is 16.7. The first kappa shape index (κ1) is 17.2. The minimum absolute atomic E-state index is 0.0382. The predicted molar refractivity (Wildman–Crippen MR) is 94.2 cm³/mol. The van der Waals surface area contributed by atoms with Gasteiger partial charge in [0.05, 0.1) is 13.0 Å². The van der Waals surface area contributed by atoms with E-state index in [-0.39, 0.29) is 5.91 Å². The molecule has 0 radical (unpaired) electrons. The highest BCUT2D eigenvalue weighted by Gasteiger charge is 2.03. The molecule has 1 N–H and O–H groups in total. The maximum Gasteiger partial charge on any atom is 0.223 e. The van der Waals surface area contributed by atoms with E-state index < -0.39 is 0 Å². The Morgan fingerprint density at radius 3 is 2.57 bits per heavy atom. The number of ether oxygens (including phenoxy) is 1. The van der Waals surface area contributed by atoms with Gasteiger partial charge in [0.25, 0.3) is 0 Å². The van der Waals surface area contributed by atoms with Crippen LogP contribution in [0.15, 0.2) is 48.5 Å². The highest BCUT2D eigenvalue weighted by molar-refractivity contribution is 6.30. The fraction of sp³-hybridized carbons (Fsp3) is 0.278. The largest absolute Gasteiger partial charge is 0.493 e. The smallest absolute Gasteiger partial charge is 0.223 e. The van der Waals surface area contributed by atoms with Gasteiger partial charge in [-0.15, -0.1) is 0 Å². The fourth-order valence-corrected chi connectivity index (χ4v) is 2.20. The van der Waals surface area contributed by atoms with E-state index >= 15 is 0 Å². The second-order valence-electron chi connectivity index (χ2n) is 5.39. The van der Waals surface area contributed by atoms with Gasteiger partial charge >= 0.3 is 0 Å². The van der Waals surface area contributed by atoms with Gasteiger partial charge in [0.15, 0.2) is 0 Å². The third-order valence-corrected chi connectivity index (χ3v) is 3.57. The Balaban J connectivity index is 1.70. The predicted octanol–water partition coefficient (Wildman–Crippen LogP) is 3.49. The lowest BCUT2D eigenvalue weighted by Crippen LogP contribution is -2.24. The maximum absolute atomic E-state index is 11.8. The number of carbonyl (C=O) groups is 1. The monoisotopic (exact) mass is 332 g/mol. The van der Waals surface area contributed by atoms with Crippen LogP contribution in [0.3, 0.4) is 0 Å². The first-order chi connectivity index (χ1) is 11.0. The summed E-state index contributed by atoms with van der Waals surface area (Å²) in [5.41, 5.74) is 2.20. The second-order valence-corrected chi connectivity index (χ2v) is 5.83. The van der Waals surface area contributed by atoms with Crippen molar-refractivity contribution in [2.24, 2.45) is 0 Å². The second kappa shape index (κ2) is 8.44. The van der Waals surface area contributed by atoms with Crippen LogP contribution in [-0.4, -0.2) is 26.6 Å². The van der Waals surface area contributed by atoms with E-state index in [1.54, 1.807) is 12.1 Å². The SMILES string of the molecule is CN(C)c1ccc(CNC(=O)CCOc2cccc(Cl)c2)cc1. The number of halogens is 1. The van der Waals surface area contributed by atoms with Crippen LogP contribution >= 0.6 is 11.6 Å². The molecule has 122 valence electrons. The van der Waals surface area contributed by atoms with E-state index in [4.69, 9.17) is 16.3 Å². The molecule has 0 aliphatic heterocycles. The normalized spacial score (nSPS) is 10.2. The molecule has 2 aromatic rings. The molecular weight excluding hydrogens is 312 g/mol. The molecule has 0 aromatic heterocycles. The van der Waals surface area contributed by atoms with E-state index in [2.05, 4.69) is 5.32 Å². The van der Waals surface area contributed by atoms with Crippen molar-refractivity contribution >= 4 is 23.2 Å². The Bertz CT molecular complexity index is 642. The van der Waals surface area contributed by atoms with Crippen LogP contribution in [0.2, 0.25) is 5.02 Å². The fourth-order valence-electron chi connectivity index (χ4n) is 2.02. The molecule has 0 bridgehead atoms. The maximum atomic E-state index is 11.8. The minimum atomic E-state index is -0.0382. The van der Waals surface area contributed by atoms with Gasteiger partial charge in [-0.1, -0.05) is 29.8 Å². The number of carbonyl (C=O) groups excluding carboxylic acids is 1. The van der Waals surface area contributed by atoms with Crippen molar-refractivity contribution in [2.75, 3.05) is 25.6 Å². The van der Waals surface area contributed by atoms with Crippen LogP contribution in [-0.2, 0) is 11.3 Å². The standard InChI is InChI=1S/C18H21ClN2O2/c1-21(2)16-8-6-14(7-9-16)13-20-18(22)10-11-23-17-5-3-4-15(19)12-17/h3-9,12H,10-11,13H2,1-2H3,(H,20,22). The number of benzene rings is 2. The molecular formula is C18H21ClN2O2. The highest BCUT2D eigenvalue weighted by Crippen LogP contribution is 2.17. The summed E-state index contributed by atoms with van der Waals surface area (Å²) in [7, 11) is 3.99. The average molecular weight is 333 g/mol. The summed E-state index contributed by atoms with van der Waals surface area (Å²) in [5.74, 6) is 0.633. The Labute approximate surface area is 142 Å². The summed E-state index contributed by atoms with van der Waals surface area (Å²) in [5, 5.41) is 3.51. The third-order valence-electron chi connectivity index (χ3n) is 3.34. The highest BCUT2D eigenvalue weighted by atomic mass is 35.5. The molecule has 0 saturated heterocycles. The lowest BCUT2D eigenvalue weighted by molar-refractivity contribution is -0.121. The molecule has 0 atom stereocenters.